The molecule has 0 aromatic carbocycles. The van der Waals surface area contributed by atoms with Gasteiger partial charge < -0.3 is 43.4 Å². The van der Waals surface area contributed by atoms with Gasteiger partial charge in [-0.1, -0.05) is 13.8 Å². The van der Waals surface area contributed by atoms with Crippen molar-refractivity contribution in [3.8, 4) is 0 Å². The Morgan fingerprint density at radius 2 is 1.13 bits per heavy atom. The van der Waals surface area contributed by atoms with E-state index in [9.17, 15) is 9.59 Å². The van der Waals surface area contributed by atoms with Gasteiger partial charge in [-0.15, -0.1) is 0 Å². The molecule has 0 bridgehead atoms. The first-order valence-electron chi connectivity index (χ1n) is 14.4. The van der Waals surface area contributed by atoms with Gasteiger partial charge in [-0.25, -0.2) is 4.79 Å². The number of nitrogens with zero attached hydrogens (tertiary/aromatic N) is 1. The number of carbonyl (C=O) groups is 2. The summed E-state index contributed by atoms with van der Waals surface area (Å²) in [6.07, 6.45) is 2.20. The summed E-state index contributed by atoms with van der Waals surface area (Å²) in [5.74, 6) is 1.63. The number of nitrogens with one attached hydrogen (secondary N) is 1. The van der Waals surface area contributed by atoms with E-state index in [4.69, 9.17) is 33.2 Å². The van der Waals surface area contributed by atoms with E-state index < -0.39 is 11.7 Å². The van der Waals surface area contributed by atoms with Gasteiger partial charge in [0.2, 0.25) is 5.91 Å². The number of rotatable bonds is 22. The van der Waals surface area contributed by atoms with Gasteiger partial charge in [0.1, 0.15) is 5.60 Å². The average molecular weight is 563 g/mol. The zero-order valence-corrected chi connectivity index (χ0v) is 25.0. The van der Waals surface area contributed by atoms with E-state index in [0.29, 0.717) is 98.2 Å². The molecular formula is C28H54N2O9. The van der Waals surface area contributed by atoms with Crippen molar-refractivity contribution in [1.82, 2.24) is 10.2 Å². The maximum atomic E-state index is 12.3. The lowest BCUT2D eigenvalue weighted by Crippen LogP contribution is -2.39. The Hall–Kier alpha value is -1.50. The zero-order valence-electron chi connectivity index (χ0n) is 25.0. The molecule has 2 amide bonds. The van der Waals surface area contributed by atoms with E-state index in [0.717, 1.165) is 31.8 Å². The molecule has 0 spiro atoms. The Labute approximate surface area is 235 Å². The first-order chi connectivity index (χ1) is 18.7. The van der Waals surface area contributed by atoms with Crippen molar-refractivity contribution in [3.63, 3.8) is 0 Å². The predicted octanol–water partition coefficient (Wildman–Crippen LogP) is 2.90. The molecule has 0 aliphatic carbocycles. The molecule has 0 atom stereocenters. The minimum Gasteiger partial charge on any atom is -0.444 e. The lowest BCUT2D eigenvalue weighted by molar-refractivity contribution is -0.134. The van der Waals surface area contributed by atoms with Crippen molar-refractivity contribution in [2.75, 3.05) is 98.9 Å². The SMILES string of the molecule is CC(C)C1CCN(C(=O)CCOCCOCCOCCOCCOCCOCCNC(=O)OC(C)(C)C)CC1. The van der Waals surface area contributed by atoms with Crippen molar-refractivity contribution >= 4 is 12.0 Å². The molecule has 0 saturated carbocycles. The maximum absolute atomic E-state index is 12.3. The van der Waals surface area contributed by atoms with Crippen molar-refractivity contribution < 1.29 is 42.7 Å². The number of amides is 2. The van der Waals surface area contributed by atoms with Gasteiger partial charge in [0.15, 0.2) is 0 Å². The van der Waals surface area contributed by atoms with Crippen LogP contribution in [-0.2, 0) is 38.0 Å². The molecule has 1 fully saturated rings. The molecular weight excluding hydrogens is 508 g/mol. The largest absolute Gasteiger partial charge is 0.444 e. The van der Waals surface area contributed by atoms with Crippen LogP contribution >= 0.6 is 0 Å². The highest BCUT2D eigenvalue weighted by molar-refractivity contribution is 5.76. The standard InChI is InChI=1S/C28H54N2O9/c1-24(2)25-6-10-30(11-7-25)26(31)8-12-33-14-16-35-18-20-37-22-23-38-21-19-36-17-15-34-13-9-29-27(32)39-28(3,4)5/h24-25H,6-23H2,1-5H3,(H,29,32). The van der Waals surface area contributed by atoms with E-state index in [-0.39, 0.29) is 5.91 Å². The summed E-state index contributed by atoms with van der Waals surface area (Å²) in [5.41, 5.74) is -0.507. The van der Waals surface area contributed by atoms with E-state index >= 15 is 0 Å². The molecule has 11 nitrogen and oxygen atoms in total. The Balaban J connectivity index is 1.74. The lowest BCUT2D eigenvalue weighted by atomic mass is 9.86. The normalized spacial score (nSPS) is 14.7. The van der Waals surface area contributed by atoms with Crippen LogP contribution < -0.4 is 5.32 Å². The van der Waals surface area contributed by atoms with Crippen LogP contribution in [-0.4, -0.2) is 121 Å². The van der Waals surface area contributed by atoms with Crippen LogP contribution in [0.25, 0.3) is 0 Å². The van der Waals surface area contributed by atoms with Gasteiger partial charge in [0.05, 0.1) is 85.7 Å². The Kier molecular flexibility index (Phi) is 20.2. The summed E-state index contributed by atoms with van der Waals surface area (Å²) in [6, 6.07) is 0. The van der Waals surface area contributed by atoms with Gasteiger partial charge in [-0.3, -0.25) is 4.79 Å². The van der Waals surface area contributed by atoms with Crippen LogP contribution in [0.15, 0.2) is 0 Å². The number of alkyl carbamates (subject to hydrolysis) is 1. The third kappa shape index (κ3) is 21.0. The number of likely N-dealkylation sites (tertiary alicyclic amines) is 1. The first-order valence-corrected chi connectivity index (χ1v) is 14.4. The van der Waals surface area contributed by atoms with Gasteiger partial charge in [0, 0.05) is 19.6 Å². The molecule has 0 aromatic rings. The molecule has 11 heteroatoms. The first kappa shape index (κ1) is 35.5. The zero-order chi connectivity index (χ0) is 28.8. The predicted molar refractivity (Wildman–Crippen MR) is 148 cm³/mol. The van der Waals surface area contributed by atoms with Crippen molar-refractivity contribution in [2.45, 2.75) is 59.5 Å². The van der Waals surface area contributed by atoms with E-state index in [1.807, 2.05) is 25.7 Å². The van der Waals surface area contributed by atoms with Crippen LogP contribution in [0.2, 0.25) is 0 Å². The van der Waals surface area contributed by atoms with Crippen LogP contribution in [0.5, 0.6) is 0 Å². The minimum absolute atomic E-state index is 0.191. The maximum Gasteiger partial charge on any atom is 0.407 e. The number of carbonyl (C=O) groups excluding carboxylic acids is 2. The molecule has 1 N–H and O–H groups in total. The summed E-state index contributed by atoms with van der Waals surface area (Å²) in [7, 11) is 0. The topological polar surface area (TPSA) is 114 Å². The number of hydrogen-bond donors (Lipinski definition) is 1. The average Bonchev–Trinajstić information content (AvgIpc) is 2.88. The second kappa shape index (κ2) is 22.2. The van der Waals surface area contributed by atoms with Crippen LogP contribution in [0.3, 0.4) is 0 Å². The van der Waals surface area contributed by atoms with Gasteiger partial charge in [-0.2, -0.15) is 0 Å². The second-order valence-electron chi connectivity index (χ2n) is 10.8. The Morgan fingerprint density at radius 3 is 1.54 bits per heavy atom. The van der Waals surface area contributed by atoms with E-state index in [1.54, 1.807) is 0 Å². The van der Waals surface area contributed by atoms with Crippen molar-refractivity contribution in [1.29, 1.82) is 0 Å². The fraction of sp³-hybridized carbons (Fsp3) is 0.929. The van der Waals surface area contributed by atoms with Crippen LogP contribution in [0.1, 0.15) is 53.9 Å². The molecule has 1 heterocycles. The molecule has 1 rings (SSSR count). The molecule has 1 saturated heterocycles. The van der Waals surface area contributed by atoms with Crippen molar-refractivity contribution in [3.05, 3.63) is 0 Å². The number of hydrogen-bond acceptors (Lipinski definition) is 9. The summed E-state index contributed by atoms with van der Waals surface area (Å²) >= 11 is 0. The monoisotopic (exact) mass is 562 g/mol. The highest BCUT2D eigenvalue weighted by atomic mass is 16.6. The van der Waals surface area contributed by atoms with Gasteiger partial charge >= 0.3 is 6.09 Å². The highest BCUT2D eigenvalue weighted by Gasteiger charge is 2.24. The third-order valence-corrected chi connectivity index (χ3v) is 6.07. The minimum atomic E-state index is -0.507. The molecule has 1 aliphatic heterocycles. The lowest BCUT2D eigenvalue weighted by Gasteiger charge is -2.34. The fourth-order valence-corrected chi connectivity index (χ4v) is 3.87. The van der Waals surface area contributed by atoms with Crippen molar-refractivity contribution in [2.24, 2.45) is 11.8 Å². The summed E-state index contributed by atoms with van der Waals surface area (Å²) in [6.45, 7) is 17.7. The molecule has 0 aromatic heterocycles. The number of ether oxygens (including phenoxy) is 7. The highest BCUT2D eigenvalue weighted by Crippen LogP contribution is 2.24. The van der Waals surface area contributed by atoms with Gasteiger partial charge in [-0.05, 0) is 45.4 Å². The summed E-state index contributed by atoms with van der Waals surface area (Å²) in [4.78, 5) is 25.7. The van der Waals surface area contributed by atoms with Crippen LogP contribution in [0, 0.1) is 11.8 Å². The third-order valence-electron chi connectivity index (χ3n) is 6.07. The molecule has 230 valence electrons. The van der Waals surface area contributed by atoms with Crippen LogP contribution in [0.4, 0.5) is 4.79 Å². The van der Waals surface area contributed by atoms with E-state index in [1.165, 1.54) is 0 Å². The quantitative estimate of drug-likeness (QED) is 0.199. The fourth-order valence-electron chi connectivity index (χ4n) is 3.87. The molecule has 0 radical (unpaired) electrons. The number of piperidine rings is 1. The second-order valence-corrected chi connectivity index (χ2v) is 10.8. The molecule has 1 aliphatic rings. The smallest absolute Gasteiger partial charge is 0.407 e. The Morgan fingerprint density at radius 1 is 0.718 bits per heavy atom. The summed E-state index contributed by atoms with van der Waals surface area (Å²) < 4.78 is 37.9. The summed E-state index contributed by atoms with van der Waals surface area (Å²) in [5, 5.41) is 2.63. The molecule has 39 heavy (non-hydrogen) atoms. The Bertz CT molecular complexity index is 621. The van der Waals surface area contributed by atoms with E-state index in [2.05, 4.69) is 19.2 Å². The molecule has 0 unspecified atom stereocenters. The van der Waals surface area contributed by atoms with Gasteiger partial charge in [0.25, 0.3) is 0 Å².